The Morgan fingerprint density at radius 2 is 2.22 bits per heavy atom. The molecule has 0 aliphatic carbocycles. The standard InChI is InChI=1S/C12H9ClN2O2S/c1-7-10(11(16)17)6-14-12(15-7)18-9-4-2-3-8(13)5-9/h2-6H,1H3,(H,16,17). The largest absolute Gasteiger partial charge is 0.478 e. The first kappa shape index (κ1) is 12.9. The molecule has 92 valence electrons. The van der Waals surface area contributed by atoms with Gasteiger partial charge in [0.1, 0.15) is 0 Å². The van der Waals surface area contributed by atoms with Gasteiger partial charge in [-0.1, -0.05) is 17.7 Å². The van der Waals surface area contributed by atoms with Crippen molar-refractivity contribution in [2.24, 2.45) is 0 Å². The van der Waals surface area contributed by atoms with Crippen LogP contribution in [-0.2, 0) is 0 Å². The van der Waals surface area contributed by atoms with Crippen molar-refractivity contribution < 1.29 is 9.90 Å². The summed E-state index contributed by atoms with van der Waals surface area (Å²) in [7, 11) is 0. The summed E-state index contributed by atoms with van der Waals surface area (Å²) in [6.07, 6.45) is 1.32. The summed E-state index contributed by atoms with van der Waals surface area (Å²) in [6, 6.07) is 7.31. The highest BCUT2D eigenvalue weighted by Crippen LogP contribution is 2.26. The van der Waals surface area contributed by atoms with Gasteiger partial charge in [0, 0.05) is 16.1 Å². The first-order valence-electron chi connectivity index (χ1n) is 5.06. The van der Waals surface area contributed by atoms with Crippen molar-refractivity contribution >= 4 is 29.3 Å². The topological polar surface area (TPSA) is 63.1 Å². The van der Waals surface area contributed by atoms with E-state index in [-0.39, 0.29) is 5.56 Å². The van der Waals surface area contributed by atoms with E-state index in [0.717, 1.165) is 4.90 Å². The van der Waals surface area contributed by atoms with Gasteiger partial charge in [0.2, 0.25) is 0 Å². The number of nitrogens with zero attached hydrogens (tertiary/aromatic N) is 2. The highest BCUT2D eigenvalue weighted by Gasteiger charge is 2.10. The van der Waals surface area contributed by atoms with Gasteiger partial charge in [0.15, 0.2) is 5.16 Å². The maximum atomic E-state index is 10.8. The molecule has 0 saturated heterocycles. The molecule has 4 nitrogen and oxygen atoms in total. The molecule has 1 heterocycles. The van der Waals surface area contributed by atoms with Crippen molar-refractivity contribution in [3.63, 3.8) is 0 Å². The van der Waals surface area contributed by atoms with Crippen molar-refractivity contribution in [2.45, 2.75) is 17.0 Å². The first-order chi connectivity index (χ1) is 8.56. The lowest BCUT2D eigenvalue weighted by Gasteiger charge is -2.03. The second-order valence-electron chi connectivity index (χ2n) is 3.52. The summed E-state index contributed by atoms with van der Waals surface area (Å²) in [5, 5.41) is 10.0. The number of rotatable bonds is 3. The first-order valence-corrected chi connectivity index (χ1v) is 6.26. The van der Waals surface area contributed by atoms with E-state index in [2.05, 4.69) is 9.97 Å². The smallest absolute Gasteiger partial charge is 0.339 e. The zero-order chi connectivity index (χ0) is 13.1. The molecule has 2 aromatic rings. The second kappa shape index (κ2) is 5.37. The van der Waals surface area contributed by atoms with Crippen LogP contribution in [0.3, 0.4) is 0 Å². The Bertz CT molecular complexity index is 604. The fourth-order valence-corrected chi connectivity index (χ4v) is 2.43. The molecule has 1 aromatic heterocycles. The number of carbonyl (C=O) groups is 1. The molecule has 0 atom stereocenters. The number of carboxylic acid groups (broad SMARTS) is 1. The van der Waals surface area contributed by atoms with E-state index in [1.807, 2.05) is 12.1 Å². The molecule has 0 aliphatic rings. The van der Waals surface area contributed by atoms with E-state index in [1.165, 1.54) is 18.0 Å². The Morgan fingerprint density at radius 3 is 2.83 bits per heavy atom. The molecule has 0 saturated carbocycles. The van der Waals surface area contributed by atoms with Crippen LogP contribution in [0, 0.1) is 6.92 Å². The van der Waals surface area contributed by atoms with Crippen LogP contribution in [0.15, 0.2) is 40.5 Å². The summed E-state index contributed by atoms with van der Waals surface area (Å²) >= 11 is 7.21. The number of carboxylic acids is 1. The Morgan fingerprint density at radius 1 is 1.44 bits per heavy atom. The van der Waals surface area contributed by atoms with Crippen LogP contribution >= 0.6 is 23.4 Å². The number of aryl methyl sites for hydroxylation is 1. The molecular weight excluding hydrogens is 272 g/mol. The maximum Gasteiger partial charge on any atom is 0.339 e. The normalized spacial score (nSPS) is 10.3. The average Bonchev–Trinajstić information content (AvgIpc) is 2.28. The molecule has 6 heteroatoms. The third-order valence-corrected chi connectivity index (χ3v) is 3.30. The van der Waals surface area contributed by atoms with Crippen molar-refractivity contribution in [3.8, 4) is 0 Å². The summed E-state index contributed by atoms with van der Waals surface area (Å²) in [5.41, 5.74) is 0.562. The van der Waals surface area contributed by atoms with Gasteiger partial charge in [0.25, 0.3) is 0 Å². The van der Waals surface area contributed by atoms with Gasteiger partial charge in [-0.25, -0.2) is 14.8 Å². The fourth-order valence-electron chi connectivity index (χ4n) is 1.34. The van der Waals surface area contributed by atoms with Gasteiger partial charge in [-0.2, -0.15) is 0 Å². The Hall–Kier alpha value is -1.59. The summed E-state index contributed by atoms with van der Waals surface area (Å²) in [5.74, 6) is -1.02. The molecule has 0 fully saturated rings. The molecule has 0 bridgehead atoms. The third-order valence-electron chi connectivity index (χ3n) is 2.19. The molecule has 0 aliphatic heterocycles. The van der Waals surface area contributed by atoms with Crippen molar-refractivity contribution in [1.29, 1.82) is 0 Å². The minimum atomic E-state index is -1.02. The van der Waals surface area contributed by atoms with Crippen molar-refractivity contribution in [2.75, 3.05) is 0 Å². The van der Waals surface area contributed by atoms with E-state index in [9.17, 15) is 4.79 Å². The molecule has 2 rings (SSSR count). The molecule has 1 N–H and O–H groups in total. The van der Waals surface area contributed by atoms with Crippen LogP contribution in [0.25, 0.3) is 0 Å². The van der Waals surface area contributed by atoms with Crippen LogP contribution in [0.5, 0.6) is 0 Å². The predicted molar refractivity (Wildman–Crippen MR) is 69.3 cm³/mol. The number of hydrogen-bond donors (Lipinski definition) is 1. The van der Waals surface area contributed by atoms with Crippen LogP contribution < -0.4 is 0 Å². The Balaban J connectivity index is 2.25. The average molecular weight is 281 g/mol. The maximum absolute atomic E-state index is 10.8. The van der Waals surface area contributed by atoms with Crippen molar-refractivity contribution in [3.05, 3.63) is 46.7 Å². The number of halogens is 1. The summed E-state index contributed by atoms with van der Waals surface area (Å²) < 4.78 is 0. The van der Waals surface area contributed by atoms with Gasteiger partial charge < -0.3 is 5.11 Å². The van der Waals surface area contributed by atoms with Gasteiger partial charge >= 0.3 is 5.97 Å². The summed E-state index contributed by atoms with van der Waals surface area (Å²) in [6.45, 7) is 1.65. The highest BCUT2D eigenvalue weighted by atomic mass is 35.5. The zero-order valence-electron chi connectivity index (χ0n) is 9.42. The van der Waals surface area contributed by atoms with E-state index >= 15 is 0 Å². The lowest BCUT2D eigenvalue weighted by Crippen LogP contribution is -2.03. The van der Waals surface area contributed by atoms with Gasteiger partial charge in [0.05, 0.1) is 11.3 Å². The number of benzene rings is 1. The molecule has 1 aromatic carbocycles. The lowest BCUT2D eigenvalue weighted by molar-refractivity contribution is 0.0695. The zero-order valence-corrected chi connectivity index (χ0v) is 11.0. The lowest BCUT2D eigenvalue weighted by atomic mass is 10.2. The monoisotopic (exact) mass is 280 g/mol. The van der Waals surface area contributed by atoms with E-state index < -0.39 is 5.97 Å². The second-order valence-corrected chi connectivity index (χ2v) is 4.99. The third kappa shape index (κ3) is 3.00. The molecular formula is C12H9ClN2O2S. The summed E-state index contributed by atoms with van der Waals surface area (Å²) in [4.78, 5) is 19.9. The number of aromatic carboxylic acids is 1. The van der Waals surface area contributed by atoms with Gasteiger partial charge in [-0.3, -0.25) is 0 Å². The number of hydrogen-bond acceptors (Lipinski definition) is 4. The Kier molecular flexibility index (Phi) is 3.84. The van der Waals surface area contributed by atoms with Crippen LogP contribution in [0.4, 0.5) is 0 Å². The molecule has 0 amide bonds. The molecule has 0 spiro atoms. The predicted octanol–water partition coefficient (Wildman–Crippen LogP) is 3.29. The van der Waals surface area contributed by atoms with E-state index in [0.29, 0.717) is 15.9 Å². The molecule has 18 heavy (non-hydrogen) atoms. The van der Waals surface area contributed by atoms with E-state index in [4.69, 9.17) is 16.7 Å². The highest BCUT2D eigenvalue weighted by molar-refractivity contribution is 7.99. The molecule has 0 radical (unpaired) electrons. The van der Waals surface area contributed by atoms with Crippen LogP contribution in [-0.4, -0.2) is 21.0 Å². The Labute approximate surface area is 113 Å². The fraction of sp³-hybridized carbons (Fsp3) is 0.0833. The van der Waals surface area contributed by atoms with E-state index in [1.54, 1.807) is 19.1 Å². The van der Waals surface area contributed by atoms with Crippen LogP contribution in [0.2, 0.25) is 5.02 Å². The van der Waals surface area contributed by atoms with Crippen LogP contribution in [0.1, 0.15) is 16.1 Å². The minimum absolute atomic E-state index is 0.116. The molecule has 0 unspecified atom stereocenters. The SMILES string of the molecule is Cc1nc(Sc2cccc(Cl)c2)ncc1C(=O)O. The van der Waals surface area contributed by atoms with Crippen molar-refractivity contribution in [1.82, 2.24) is 9.97 Å². The number of aromatic nitrogens is 2. The van der Waals surface area contributed by atoms with Gasteiger partial charge in [-0.05, 0) is 36.9 Å². The van der Waals surface area contributed by atoms with Gasteiger partial charge in [-0.15, -0.1) is 0 Å². The quantitative estimate of drug-likeness (QED) is 0.874. The minimum Gasteiger partial charge on any atom is -0.478 e.